The van der Waals surface area contributed by atoms with Crippen LogP contribution in [0.15, 0.2) is 17.8 Å². The fraction of sp³-hybridized carbons (Fsp3) is 0.333. The Morgan fingerprint density at radius 3 is 2.84 bits per heavy atom. The Labute approximate surface area is 114 Å². The van der Waals surface area contributed by atoms with E-state index in [9.17, 15) is 4.79 Å². The second-order valence-corrected chi connectivity index (χ2v) is 5.21. The van der Waals surface area contributed by atoms with Crippen LogP contribution in [0.25, 0.3) is 0 Å². The number of rotatable bonds is 5. The summed E-state index contributed by atoms with van der Waals surface area (Å²) in [4.78, 5) is 23.3. The fourth-order valence-corrected chi connectivity index (χ4v) is 2.10. The summed E-state index contributed by atoms with van der Waals surface area (Å²) in [5, 5.41) is 14.9. The van der Waals surface area contributed by atoms with Crippen LogP contribution in [0.2, 0.25) is 0 Å². The van der Waals surface area contributed by atoms with E-state index in [1.54, 1.807) is 17.5 Å². The molecule has 0 saturated heterocycles. The predicted octanol–water partition coefficient (Wildman–Crippen LogP) is 2.37. The minimum atomic E-state index is -1.07. The molecule has 2 N–H and O–H groups in total. The van der Waals surface area contributed by atoms with E-state index in [0.717, 1.165) is 5.01 Å². The van der Waals surface area contributed by atoms with Gasteiger partial charge in [-0.3, -0.25) is 0 Å². The lowest BCUT2D eigenvalue weighted by molar-refractivity contribution is 0.0689. The van der Waals surface area contributed by atoms with Crippen molar-refractivity contribution in [2.45, 2.75) is 26.3 Å². The van der Waals surface area contributed by atoms with E-state index < -0.39 is 5.97 Å². The quantitative estimate of drug-likeness (QED) is 0.873. The molecule has 0 unspecified atom stereocenters. The first-order valence-corrected chi connectivity index (χ1v) is 6.68. The molecule has 0 radical (unpaired) electrons. The third-order valence-electron chi connectivity index (χ3n) is 2.46. The lowest BCUT2D eigenvalue weighted by Gasteiger charge is -2.12. The summed E-state index contributed by atoms with van der Waals surface area (Å²) in [6.45, 7) is 4.45. The average molecular weight is 278 g/mol. The van der Waals surface area contributed by atoms with Gasteiger partial charge in [0.15, 0.2) is 5.69 Å². The van der Waals surface area contributed by atoms with E-state index in [2.05, 4.69) is 20.3 Å². The van der Waals surface area contributed by atoms with E-state index in [4.69, 9.17) is 5.11 Å². The highest BCUT2D eigenvalue weighted by atomic mass is 32.1. The van der Waals surface area contributed by atoms with Gasteiger partial charge in [-0.2, -0.15) is 0 Å². The van der Waals surface area contributed by atoms with Gasteiger partial charge >= 0.3 is 5.97 Å². The molecule has 0 spiro atoms. The van der Waals surface area contributed by atoms with Gasteiger partial charge < -0.3 is 10.4 Å². The summed E-state index contributed by atoms with van der Waals surface area (Å²) >= 11 is 1.55. The van der Waals surface area contributed by atoms with Crippen LogP contribution in [0, 0.1) is 0 Å². The molecule has 0 fully saturated rings. The molecule has 2 aromatic heterocycles. The molecular formula is C12H14N4O2S. The second-order valence-electron chi connectivity index (χ2n) is 4.23. The summed E-state index contributed by atoms with van der Waals surface area (Å²) in [6, 6.07) is 0. The molecule has 0 atom stereocenters. The Bertz CT molecular complexity index is 569. The minimum Gasteiger partial charge on any atom is -0.476 e. The van der Waals surface area contributed by atoms with Crippen molar-refractivity contribution < 1.29 is 9.90 Å². The number of carboxylic acids is 1. The zero-order valence-corrected chi connectivity index (χ0v) is 11.4. The SMILES string of the molecule is CC(C)c1nc(C(=O)O)cnc1NCc1nccs1. The van der Waals surface area contributed by atoms with Gasteiger partial charge in [-0.15, -0.1) is 11.3 Å². The molecule has 0 saturated carbocycles. The van der Waals surface area contributed by atoms with Crippen molar-refractivity contribution in [3.05, 3.63) is 34.2 Å². The Balaban J connectivity index is 2.21. The summed E-state index contributed by atoms with van der Waals surface area (Å²) in [7, 11) is 0. The molecule has 0 bridgehead atoms. The van der Waals surface area contributed by atoms with Gasteiger partial charge in [-0.1, -0.05) is 13.8 Å². The van der Waals surface area contributed by atoms with Crippen LogP contribution in [0.5, 0.6) is 0 Å². The fourth-order valence-electron chi connectivity index (χ4n) is 1.54. The standard InChI is InChI=1S/C12H14N4O2S/c1-7(2)10-11(14-5-8(16-10)12(17)18)15-6-9-13-3-4-19-9/h3-5,7H,6H2,1-2H3,(H,14,15)(H,17,18). The van der Waals surface area contributed by atoms with E-state index in [0.29, 0.717) is 18.1 Å². The van der Waals surface area contributed by atoms with Gasteiger partial charge in [0.1, 0.15) is 10.8 Å². The lowest BCUT2D eigenvalue weighted by atomic mass is 10.1. The number of nitrogens with zero attached hydrogens (tertiary/aromatic N) is 3. The minimum absolute atomic E-state index is 0.0384. The number of aromatic nitrogens is 3. The Morgan fingerprint density at radius 2 is 2.26 bits per heavy atom. The molecule has 100 valence electrons. The van der Waals surface area contributed by atoms with Gasteiger partial charge in [-0.05, 0) is 5.92 Å². The molecule has 0 aliphatic rings. The highest BCUT2D eigenvalue weighted by molar-refractivity contribution is 7.09. The molecule has 6 nitrogen and oxygen atoms in total. The Morgan fingerprint density at radius 1 is 1.47 bits per heavy atom. The first kappa shape index (κ1) is 13.4. The molecule has 0 aliphatic carbocycles. The molecular weight excluding hydrogens is 264 g/mol. The molecule has 0 aliphatic heterocycles. The maximum Gasteiger partial charge on any atom is 0.356 e. The number of nitrogens with one attached hydrogen (secondary N) is 1. The number of anilines is 1. The van der Waals surface area contributed by atoms with E-state index in [1.807, 2.05) is 19.2 Å². The van der Waals surface area contributed by atoms with Crippen LogP contribution in [0.3, 0.4) is 0 Å². The van der Waals surface area contributed by atoms with Crippen molar-refractivity contribution in [1.29, 1.82) is 0 Å². The van der Waals surface area contributed by atoms with Crippen LogP contribution in [0.4, 0.5) is 5.82 Å². The number of thiazole rings is 1. The van der Waals surface area contributed by atoms with Crippen LogP contribution in [-0.4, -0.2) is 26.0 Å². The maximum atomic E-state index is 10.9. The van der Waals surface area contributed by atoms with E-state index in [1.165, 1.54) is 6.20 Å². The van der Waals surface area contributed by atoms with Gasteiger partial charge in [-0.25, -0.2) is 19.7 Å². The van der Waals surface area contributed by atoms with Crippen LogP contribution >= 0.6 is 11.3 Å². The number of carbonyl (C=O) groups is 1. The molecule has 2 aromatic rings. The molecule has 2 heterocycles. The van der Waals surface area contributed by atoms with Crippen LogP contribution in [-0.2, 0) is 6.54 Å². The zero-order valence-electron chi connectivity index (χ0n) is 10.6. The number of hydrogen-bond acceptors (Lipinski definition) is 6. The van der Waals surface area contributed by atoms with Crippen LogP contribution in [0.1, 0.15) is 41.0 Å². The third kappa shape index (κ3) is 3.25. The largest absolute Gasteiger partial charge is 0.476 e. The van der Waals surface area contributed by atoms with Gasteiger partial charge in [0, 0.05) is 11.6 Å². The molecule has 2 rings (SSSR count). The lowest BCUT2D eigenvalue weighted by Crippen LogP contribution is -2.11. The van der Waals surface area contributed by atoms with Crippen molar-refractivity contribution in [3.63, 3.8) is 0 Å². The smallest absolute Gasteiger partial charge is 0.356 e. The first-order valence-electron chi connectivity index (χ1n) is 5.80. The number of carboxylic acid groups (broad SMARTS) is 1. The highest BCUT2D eigenvalue weighted by Gasteiger charge is 2.14. The van der Waals surface area contributed by atoms with E-state index in [-0.39, 0.29) is 11.6 Å². The van der Waals surface area contributed by atoms with Crippen LogP contribution < -0.4 is 5.32 Å². The summed E-state index contributed by atoms with van der Waals surface area (Å²) < 4.78 is 0. The topological polar surface area (TPSA) is 88.0 Å². The molecule has 7 heteroatoms. The maximum absolute atomic E-state index is 10.9. The van der Waals surface area contributed by atoms with Crippen molar-refractivity contribution >= 4 is 23.1 Å². The van der Waals surface area contributed by atoms with Gasteiger partial charge in [0.25, 0.3) is 0 Å². The zero-order chi connectivity index (χ0) is 13.8. The number of aromatic carboxylic acids is 1. The van der Waals surface area contributed by atoms with Gasteiger partial charge in [0.2, 0.25) is 0 Å². The van der Waals surface area contributed by atoms with Crippen molar-refractivity contribution in [2.24, 2.45) is 0 Å². The van der Waals surface area contributed by atoms with Crippen molar-refractivity contribution in [2.75, 3.05) is 5.32 Å². The summed E-state index contributed by atoms with van der Waals surface area (Å²) in [5.41, 5.74) is 0.611. The normalized spacial score (nSPS) is 10.7. The molecule has 19 heavy (non-hydrogen) atoms. The van der Waals surface area contributed by atoms with Gasteiger partial charge in [0.05, 0.1) is 18.4 Å². The van der Waals surface area contributed by atoms with Crippen molar-refractivity contribution in [1.82, 2.24) is 15.0 Å². The average Bonchev–Trinajstić information content (AvgIpc) is 2.89. The summed E-state index contributed by atoms with van der Waals surface area (Å²) in [6.07, 6.45) is 3.00. The number of hydrogen-bond donors (Lipinski definition) is 2. The monoisotopic (exact) mass is 278 g/mol. The van der Waals surface area contributed by atoms with E-state index >= 15 is 0 Å². The molecule has 0 aromatic carbocycles. The predicted molar refractivity (Wildman–Crippen MR) is 72.5 cm³/mol. The third-order valence-corrected chi connectivity index (χ3v) is 3.24. The first-order chi connectivity index (χ1) is 9.08. The Hall–Kier alpha value is -2.02. The summed E-state index contributed by atoms with van der Waals surface area (Å²) in [5.74, 6) is -0.373. The second kappa shape index (κ2) is 5.75. The highest BCUT2D eigenvalue weighted by Crippen LogP contribution is 2.21. The molecule has 0 amide bonds. The van der Waals surface area contributed by atoms with Crippen molar-refractivity contribution in [3.8, 4) is 0 Å². The Kier molecular flexibility index (Phi) is 4.06.